The minimum atomic E-state index is -1.04. The Kier molecular flexibility index (Phi) is 4.50. The molecule has 0 amide bonds. The molecule has 1 aliphatic rings. The van der Waals surface area contributed by atoms with Crippen LogP contribution in [0.3, 0.4) is 0 Å². The van der Waals surface area contributed by atoms with E-state index in [9.17, 15) is 20.0 Å². The molecule has 9 heteroatoms. The van der Waals surface area contributed by atoms with Crippen LogP contribution in [0.25, 0.3) is 22.3 Å². The first-order chi connectivity index (χ1) is 13.8. The number of benzene rings is 2. The fourth-order valence-corrected chi connectivity index (χ4v) is 3.67. The number of fused-ring (bicyclic) bond motifs is 1. The number of nitrogens with two attached hydrogens (primary N) is 1. The topological polar surface area (TPSA) is 135 Å². The minimum absolute atomic E-state index is 0.0784. The number of hydrogen-bond donors (Lipinski definition) is 2. The second-order valence-electron chi connectivity index (χ2n) is 7.12. The van der Waals surface area contributed by atoms with E-state index in [4.69, 9.17) is 15.7 Å². The van der Waals surface area contributed by atoms with Gasteiger partial charge in [0.05, 0.1) is 21.5 Å². The Hall–Kier alpha value is -3.75. The number of rotatable bonds is 4. The summed E-state index contributed by atoms with van der Waals surface area (Å²) in [6.07, 6.45) is 1.99. The van der Waals surface area contributed by atoms with Crippen LogP contribution >= 0.6 is 0 Å². The summed E-state index contributed by atoms with van der Waals surface area (Å²) in [5, 5.41) is 20.6. The molecule has 1 aliphatic heterocycles. The molecule has 29 heavy (non-hydrogen) atoms. The van der Waals surface area contributed by atoms with Crippen molar-refractivity contribution >= 4 is 34.2 Å². The Morgan fingerprint density at radius 3 is 2.69 bits per heavy atom. The first-order valence-corrected chi connectivity index (χ1v) is 9.21. The van der Waals surface area contributed by atoms with Crippen molar-refractivity contribution in [1.82, 2.24) is 9.97 Å². The number of carbonyl (C=O) groups is 1. The van der Waals surface area contributed by atoms with E-state index in [1.807, 2.05) is 0 Å². The van der Waals surface area contributed by atoms with Crippen molar-refractivity contribution < 1.29 is 14.8 Å². The molecular weight excluding hydrogens is 374 g/mol. The number of nitro groups is 1. The van der Waals surface area contributed by atoms with E-state index < -0.39 is 10.9 Å². The average molecular weight is 393 g/mol. The quantitative estimate of drug-likeness (QED) is 0.391. The predicted octanol–water partition coefficient (Wildman–Crippen LogP) is 3.47. The predicted molar refractivity (Wildman–Crippen MR) is 109 cm³/mol. The van der Waals surface area contributed by atoms with Crippen molar-refractivity contribution in [3.63, 3.8) is 0 Å². The summed E-state index contributed by atoms with van der Waals surface area (Å²) in [4.78, 5) is 33.7. The van der Waals surface area contributed by atoms with Gasteiger partial charge in [-0.2, -0.15) is 0 Å². The highest BCUT2D eigenvalue weighted by molar-refractivity contribution is 5.93. The van der Waals surface area contributed by atoms with Gasteiger partial charge >= 0.3 is 5.97 Å². The third-order valence-corrected chi connectivity index (χ3v) is 5.22. The molecule has 3 N–H and O–H groups in total. The molecule has 1 unspecified atom stereocenters. The van der Waals surface area contributed by atoms with Gasteiger partial charge < -0.3 is 15.7 Å². The van der Waals surface area contributed by atoms with Gasteiger partial charge in [0.1, 0.15) is 11.4 Å². The van der Waals surface area contributed by atoms with E-state index in [0.29, 0.717) is 28.1 Å². The number of carboxylic acids is 1. The lowest BCUT2D eigenvalue weighted by atomic mass is 10.1. The highest BCUT2D eigenvalue weighted by Gasteiger charge is 2.27. The summed E-state index contributed by atoms with van der Waals surface area (Å²) in [5.74, 6) is -0.452. The van der Waals surface area contributed by atoms with Gasteiger partial charge in [-0.05, 0) is 44.0 Å². The Morgan fingerprint density at radius 1 is 1.24 bits per heavy atom. The van der Waals surface area contributed by atoms with Gasteiger partial charge in [0.2, 0.25) is 0 Å². The molecule has 0 radical (unpaired) electrons. The van der Waals surface area contributed by atoms with Gasteiger partial charge in [0.25, 0.3) is 5.69 Å². The third-order valence-electron chi connectivity index (χ3n) is 5.22. The molecule has 1 saturated heterocycles. The van der Waals surface area contributed by atoms with E-state index in [-0.39, 0.29) is 23.0 Å². The molecule has 1 aromatic heterocycles. The Morgan fingerprint density at radius 2 is 2.03 bits per heavy atom. The smallest absolute Gasteiger partial charge is 0.335 e. The number of aromatic carboxylic acids is 1. The van der Waals surface area contributed by atoms with E-state index in [0.717, 1.165) is 19.4 Å². The number of aromatic nitrogens is 2. The van der Waals surface area contributed by atoms with Crippen molar-refractivity contribution in [3.05, 3.63) is 52.1 Å². The number of carboxylic acid groups (broad SMARTS) is 1. The lowest BCUT2D eigenvalue weighted by Gasteiger charge is -2.25. The van der Waals surface area contributed by atoms with E-state index in [1.54, 1.807) is 12.1 Å². The largest absolute Gasteiger partial charge is 0.478 e. The SMILES string of the molecule is CC1CCCN1c1nc2cc(C(=O)O)ccc2nc1-c1ccc(N)c([N+](=O)[O-])c1. The molecule has 2 aromatic carbocycles. The second kappa shape index (κ2) is 7.01. The highest BCUT2D eigenvalue weighted by Crippen LogP contribution is 2.36. The van der Waals surface area contributed by atoms with Crippen molar-refractivity contribution in [3.8, 4) is 11.3 Å². The number of hydrogen-bond acceptors (Lipinski definition) is 7. The molecule has 1 fully saturated rings. The maximum atomic E-state index is 11.3. The van der Waals surface area contributed by atoms with Crippen LogP contribution in [0.2, 0.25) is 0 Å². The summed E-state index contributed by atoms with van der Waals surface area (Å²) in [6, 6.07) is 9.36. The van der Waals surface area contributed by atoms with Crippen molar-refractivity contribution in [2.45, 2.75) is 25.8 Å². The van der Waals surface area contributed by atoms with Gasteiger partial charge in [-0.3, -0.25) is 10.1 Å². The molecular formula is C20H19N5O4. The standard InChI is InChI=1S/C20H19N5O4/c1-11-3-2-8-24(11)19-18(12-4-6-14(21)17(10-12)25(28)29)22-15-7-5-13(20(26)27)9-16(15)23-19/h4-7,9-11H,2-3,8,21H2,1H3,(H,26,27). The average Bonchev–Trinajstić information content (AvgIpc) is 3.12. The molecule has 0 aliphatic carbocycles. The molecule has 0 spiro atoms. The first kappa shape index (κ1) is 18.6. The highest BCUT2D eigenvalue weighted by atomic mass is 16.6. The van der Waals surface area contributed by atoms with Gasteiger partial charge in [0, 0.05) is 24.2 Å². The van der Waals surface area contributed by atoms with Crippen LogP contribution in [0.15, 0.2) is 36.4 Å². The van der Waals surface area contributed by atoms with Gasteiger partial charge in [-0.25, -0.2) is 14.8 Å². The van der Waals surface area contributed by atoms with Gasteiger partial charge in [0.15, 0.2) is 5.82 Å². The zero-order chi connectivity index (χ0) is 20.7. The van der Waals surface area contributed by atoms with E-state index >= 15 is 0 Å². The first-order valence-electron chi connectivity index (χ1n) is 9.21. The molecule has 0 saturated carbocycles. The van der Waals surface area contributed by atoms with Crippen molar-refractivity contribution in [1.29, 1.82) is 0 Å². The van der Waals surface area contributed by atoms with Crippen LogP contribution in [0.1, 0.15) is 30.1 Å². The molecule has 1 atom stereocenters. The fourth-order valence-electron chi connectivity index (χ4n) is 3.67. The molecule has 9 nitrogen and oxygen atoms in total. The Bertz CT molecular complexity index is 1150. The minimum Gasteiger partial charge on any atom is -0.478 e. The molecule has 3 aromatic rings. The number of nitrogens with zero attached hydrogens (tertiary/aromatic N) is 4. The van der Waals surface area contributed by atoms with Gasteiger partial charge in [-0.15, -0.1) is 0 Å². The van der Waals surface area contributed by atoms with Crippen LogP contribution in [0.4, 0.5) is 17.2 Å². The maximum Gasteiger partial charge on any atom is 0.335 e. The summed E-state index contributed by atoms with van der Waals surface area (Å²) < 4.78 is 0. The maximum absolute atomic E-state index is 11.3. The number of nitrogen functional groups attached to an aromatic ring is 1. The van der Waals surface area contributed by atoms with Gasteiger partial charge in [-0.1, -0.05) is 6.07 Å². The molecule has 2 heterocycles. The van der Waals surface area contributed by atoms with Crippen LogP contribution in [0.5, 0.6) is 0 Å². The lowest BCUT2D eigenvalue weighted by molar-refractivity contribution is -0.383. The summed E-state index contributed by atoms with van der Waals surface area (Å²) >= 11 is 0. The van der Waals surface area contributed by atoms with Crippen LogP contribution in [0, 0.1) is 10.1 Å². The zero-order valence-corrected chi connectivity index (χ0v) is 15.7. The summed E-state index contributed by atoms with van der Waals surface area (Å²) in [5.41, 5.74) is 7.79. The van der Waals surface area contributed by atoms with Crippen molar-refractivity contribution in [2.24, 2.45) is 0 Å². The van der Waals surface area contributed by atoms with Crippen LogP contribution in [-0.2, 0) is 0 Å². The lowest BCUT2D eigenvalue weighted by Crippen LogP contribution is -2.28. The third kappa shape index (κ3) is 3.31. The van der Waals surface area contributed by atoms with E-state index in [2.05, 4.69) is 11.8 Å². The monoisotopic (exact) mass is 393 g/mol. The number of anilines is 2. The molecule has 4 rings (SSSR count). The van der Waals surface area contributed by atoms with Crippen molar-refractivity contribution in [2.75, 3.05) is 17.2 Å². The van der Waals surface area contributed by atoms with Crippen LogP contribution < -0.4 is 10.6 Å². The summed E-state index contributed by atoms with van der Waals surface area (Å²) in [7, 11) is 0. The zero-order valence-electron chi connectivity index (χ0n) is 15.7. The molecule has 0 bridgehead atoms. The normalized spacial score (nSPS) is 16.3. The molecule has 148 valence electrons. The fraction of sp³-hybridized carbons (Fsp3) is 0.250. The van der Waals surface area contributed by atoms with E-state index in [1.165, 1.54) is 24.3 Å². The summed E-state index contributed by atoms with van der Waals surface area (Å²) in [6.45, 7) is 2.87. The second-order valence-corrected chi connectivity index (χ2v) is 7.12. The van der Waals surface area contributed by atoms with Crippen LogP contribution in [-0.4, -0.2) is 38.6 Å². The Balaban J connectivity index is 1.96. The number of nitro benzene ring substituents is 1. The Labute approximate surface area is 166 Å².